The van der Waals surface area contributed by atoms with Crippen molar-refractivity contribution in [3.8, 4) is 11.5 Å². The third-order valence-corrected chi connectivity index (χ3v) is 6.53. The average molecular weight is 655 g/mol. The van der Waals surface area contributed by atoms with Crippen LogP contribution in [0.25, 0.3) is 0 Å². The van der Waals surface area contributed by atoms with Crippen molar-refractivity contribution in [1.82, 2.24) is 10.9 Å². The number of nitro benzene ring substituents is 2. The predicted molar refractivity (Wildman–Crippen MR) is 170 cm³/mol. The minimum Gasteiger partial charge on any atom is -0.458 e. The summed E-state index contributed by atoms with van der Waals surface area (Å²) in [6.45, 7) is 0.577. The van der Waals surface area contributed by atoms with E-state index in [4.69, 9.17) is 18.9 Å². The topological polar surface area (TPSA) is 206 Å². The second-order valence-electron chi connectivity index (χ2n) is 9.87. The van der Waals surface area contributed by atoms with Crippen LogP contribution in [0.2, 0.25) is 0 Å². The van der Waals surface area contributed by atoms with E-state index in [1.807, 2.05) is 0 Å². The molecule has 0 aliphatic carbocycles. The van der Waals surface area contributed by atoms with Gasteiger partial charge >= 0.3 is 0 Å². The van der Waals surface area contributed by atoms with Crippen LogP contribution in [0, 0.1) is 20.2 Å². The number of benzene rings is 4. The van der Waals surface area contributed by atoms with Crippen LogP contribution in [-0.2, 0) is 9.47 Å². The summed E-state index contributed by atoms with van der Waals surface area (Å²) in [4.78, 5) is 45.2. The van der Waals surface area contributed by atoms with Crippen LogP contribution in [-0.4, -0.2) is 59.9 Å². The number of nitrogens with zero attached hydrogens (tertiary/aromatic N) is 4. The van der Waals surface area contributed by atoms with Crippen molar-refractivity contribution in [2.24, 2.45) is 10.2 Å². The Hall–Kier alpha value is -6.52. The molecule has 4 aromatic rings. The smallest absolute Gasteiger partial charge is 0.271 e. The molecule has 1 aliphatic heterocycles. The van der Waals surface area contributed by atoms with Crippen LogP contribution in [0.3, 0.4) is 0 Å². The highest BCUT2D eigenvalue weighted by Gasteiger charge is 2.31. The monoisotopic (exact) mass is 654 g/mol. The van der Waals surface area contributed by atoms with Crippen LogP contribution >= 0.6 is 0 Å². The highest BCUT2D eigenvalue weighted by molar-refractivity contribution is 5.96. The first-order valence-electron chi connectivity index (χ1n) is 14.2. The van der Waals surface area contributed by atoms with Crippen LogP contribution in [0.15, 0.2) is 107 Å². The van der Waals surface area contributed by atoms with Crippen LogP contribution in [0.1, 0.15) is 31.8 Å². The molecule has 5 rings (SSSR count). The number of ether oxygens (including phenoxy) is 4. The van der Waals surface area contributed by atoms with Gasteiger partial charge in [0.15, 0.2) is 0 Å². The molecular weight excluding hydrogens is 628 g/mol. The SMILES string of the molecule is O=C(N/N=C/c1ccc(OC2OCCOC2Oc2ccc(/C=N/NC(=O)c3cccc([N+](=O)[O-])c3)cc2)cc1)c1cccc([N+](=O)[O-])c1. The van der Waals surface area contributed by atoms with E-state index in [1.165, 1.54) is 48.8 Å². The van der Waals surface area contributed by atoms with E-state index < -0.39 is 34.2 Å². The maximum Gasteiger partial charge on any atom is 0.271 e. The van der Waals surface area contributed by atoms with Gasteiger partial charge in [0.05, 0.1) is 35.5 Å². The van der Waals surface area contributed by atoms with E-state index in [2.05, 4.69) is 21.1 Å². The molecule has 2 N–H and O–H groups in total. The van der Waals surface area contributed by atoms with Crippen molar-refractivity contribution in [2.45, 2.75) is 12.6 Å². The quantitative estimate of drug-likeness (QED) is 0.127. The van der Waals surface area contributed by atoms with Crippen LogP contribution in [0.5, 0.6) is 11.5 Å². The number of nitro groups is 2. The third kappa shape index (κ3) is 9.03. The summed E-state index contributed by atoms with van der Waals surface area (Å²) < 4.78 is 23.3. The Morgan fingerprint density at radius 3 is 1.44 bits per heavy atom. The standard InChI is InChI=1S/C32H26N6O10/c39-29(23-3-1-5-25(17-23)37(41)42)35-33-19-21-7-11-27(12-8-21)47-31-32(46-16-15-45-31)48-28-13-9-22(10-14-28)20-34-36-30(40)24-4-2-6-26(18-24)38(43)44/h1-14,17-20,31-32H,15-16H2,(H,35,39)(H,36,40)/b33-19+,34-20+. The molecule has 1 fully saturated rings. The summed E-state index contributed by atoms with van der Waals surface area (Å²) in [5, 5.41) is 29.6. The number of carbonyl (C=O) groups excluding carboxylic acids is 2. The lowest BCUT2D eigenvalue weighted by atomic mass is 10.2. The molecular formula is C32H26N6O10. The molecule has 16 heteroatoms. The van der Waals surface area contributed by atoms with Gasteiger partial charge in [-0.1, -0.05) is 12.1 Å². The average Bonchev–Trinajstić information content (AvgIpc) is 3.10. The van der Waals surface area contributed by atoms with E-state index >= 15 is 0 Å². The summed E-state index contributed by atoms with van der Waals surface area (Å²) in [6, 6.07) is 24.1. The van der Waals surface area contributed by atoms with Crippen molar-refractivity contribution >= 4 is 35.6 Å². The largest absolute Gasteiger partial charge is 0.458 e. The van der Waals surface area contributed by atoms with Crippen LogP contribution < -0.4 is 20.3 Å². The third-order valence-electron chi connectivity index (χ3n) is 6.53. The molecule has 4 aromatic carbocycles. The van der Waals surface area contributed by atoms with Crippen molar-refractivity contribution in [2.75, 3.05) is 13.2 Å². The summed E-state index contributed by atoms with van der Waals surface area (Å²) in [7, 11) is 0. The maximum absolute atomic E-state index is 12.3. The lowest BCUT2D eigenvalue weighted by Gasteiger charge is -2.31. The Morgan fingerprint density at radius 1 is 0.667 bits per heavy atom. The molecule has 0 aromatic heterocycles. The molecule has 2 unspecified atom stereocenters. The zero-order valence-corrected chi connectivity index (χ0v) is 24.8. The molecule has 1 saturated heterocycles. The Labute approximate surface area is 271 Å². The predicted octanol–water partition coefficient (Wildman–Crippen LogP) is 4.19. The summed E-state index contributed by atoms with van der Waals surface area (Å²) in [6.07, 6.45) is 1.03. The molecule has 2 amide bonds. The number of carbonyl (C=O) groups is 2. The molecule has 0 radical (unpaired) electrons. The van der Waals surface area contributed by atoms with Crippen molar-refractivity contribution in [1.29, 1.82) is 0 Å². The number of rotatable bonds is 12. The Morgan fingerprint density at radius 2 is 1.06 bits per heavy atom. The van der Waals surface area contributed by atoms with Crippen molar-refractivity contribution in [3.05, 3.63) is 140 Å². The van der Waals surface area contributed by atoms with E-state index in [1.54, 1.807) is 48.5 Å². The van der Waals surface area contributed by atoms with Gasteiger partial charge in [0.2, 0.25) is 0 Å². The van der Waals surface area contributed by atoms with Gasteiger partial charge in [-0.05, 0) is 71.8 Å². The van der Waals surface area contributed by atoms with Crippen molar-refractivity contribution < 1.29 is 38.4 Å². The van der Waals surface area contributed by atoms with Gasteiger partial charge in [0.25, 0.3) is 35.8 Å². The number of hydrogen-bond acceptors (Lipinski definition) is 12. The van der Waals surface area contributed by atoms with Crippen molar-refractivity contribution in [3.63, 3.8) is 0 Å². The molecule has 1 heterocycles. The maximum atomic E-state index is 12.3. The summed E-state index contributed by atoms with van der Waals surface area (Å²) in [5.74, 6) is -0.282. The lowest BCUT2D eigenvalue weighted by Crippen LogP contribution is -2.45. The molecule has 16 nitrogen and oxygen atoms in total. The van der Waals surface area contributed by atoms with Gasteiger partial charge < -0.3 is 18.9 Å². The lowest BCUT2D eigenvalue weighted by molar-refractivity contribution is -0.385. The van der Waals surface area contributed by atoms with Gasteiger partial charge in [-0.2, -0.15) is 10.2 Å². The first kappa shape index (κ1) is 32.9. The second kappa shape index (κ2) is 15.7. The Balaban J connectivity index is 1.11. The highest BCUT2D eigenvalue weighted by atomic mass is 16.8. The zero-order valence-electron chi connectivity index (χ0n) is 24.8. The van der Waals surface area contributed by atoms with E-state index in [0.717, 1.165) is 12.1 Å². The second-order valence-corrected chi connectivity index (χ2v) is 9.87. The molecule has 0 saturated carbocycles. The minimum absolute atomic E-state index is 0.101. The number of nitrogens with one attached hydrogen (secondary N) is 2. The van der Waals surface area contributed by atoms with Gasteiger partial charge in [-0.3, -0.25) is 29.8 Å². The summed E-state index contributed by atoms with van der Waals surface area (Å²) in [5.41, 5.74) is 5.75. The number of amides is 2. The minimum atomic E-state index is -0.891. The number of hydrazone groups is 2. The Bertz CT molecular complexity index is 1710. The molecule has 2 atom stereocenters. The summed E-state index contributed by atoms with van der Waals surface area (Å²) >= 11 is 0. The van der Waals surface area contributed by atoms with Gasteiger partial charge in [-0.25, -0.2) is 10.9 Å². The fourth-order valence-electron chi connectivity index (χ4n) is 4.18. The molecule has 244 valence electrons. The fraction of sp³-hybridized carbons (Fsp3) is 0.125. The van der Waals surface area contributed by atoms with Crippen LogP contribution in [0.4, 0.5) is 11.4 Å². The fourth-order valence-corrected chi connectivity index (χ4v) is 4.18. The molecule has 0 bridgehead atoms. The van der Waals surface area contributed by atoms with E-state index in [9.17, 15) is 29.8 Å². The number of hydrogen-bond donors (Lipinski definition) is 2. The molecule has 48 heavy (non-hydrogen) atoms. The normalized spacial score (nSPS) is 15.9. The molecule has 0 spiro atoms. The first-order valence-corrected chi connectivity index (χ1v) is 14.2. The van der Waals surface area contributed by atoms with E-state index in [0.29, 0.717) is 22.6 Å². The van der Waals surface area contributed by atoms with Gasteiger partial charge in [0, 0.05) is 35.4 Å². The van der Waals surface area contributed by atoms with Gasteiger partial charge in [0.1, 0.15) is 11.5 Å². The van der Waals surface area contributed by atoms with E-state index in [-0.39, 0.29) is 35.7 Å². The number of non-ortho nitro benzene ring substituents is 2. The van der Waals surface area contributed by atoms with Gasteiger partial charge in [-0.15, -0.1) is 0 Å². The Kier molecular flexibility index (Phi) is 10.7. The first-order chi connectivity index (χ1) is 23.2. The molecule has 1 aliphatic rings. The highest BCUT2D eigenvalue weighted by Crippen LogP contribution is 2.22. The zero-order chi connectivity index (χ0) is 33.9.